The minimum absolute atomic E-state index is 0.329. The average molecular weight is 236 g/mol. The van der Waals surface area contributed by atoms with Crippen LogP contribution in [0, 0.1) is 5.92 Å². The summed E-state index contributed by atoms with van der Waals surface area (Å²) in [5, 5.41) is 4.35. The van der Waals surface area contributed by atoms with Crippen LogP contribution in [0.15, 0.2) is 12.4 Å². The van der Waals surface area contributed by atoms with Crippen molar-refractivity contribution in [3.8, 4) is 0 Å². The third-order valence-corrected chi connectivity index (χ3v) is 3.82. The van der Waals surface area contributed by atoms with Gasteiger partial charge in [0.2, 0.25) is 0 Å². The quantitative estimate of drug-likeness (QED) is 0.864. The van der Waals surface area contributed by atoms with Gasteiger partial charge in [0.1, 0.15) is 0 Å². The molecule has 2 rings (SSSR count). The molecule has 0 amide bonds. The van der Waals surface area contributed by atoms with Crippen molar-refractivity contribution in [1.29, 1.82) is 0 Å². The lowest BCUT2D eigenvalue weighted by Gasteiger charge is -2.29. The van der Waals surface area contributed by atoms with Gasteiger partial charge in [-0.2, -0.15) is 5.10 Å². The van der Waals surface area contributed by atoms with Crippen molar-refractivity contribution in [2.24, 2.45) is 11.7 Å². The normalized spacial score (nSPS) is 27.5. The van der Waals surface area contributed by atoms with E-state index in [1.807, 2.05) is 10.9 Å². The van der Waals surface area contributed by atoms with E-state index in [0.29, 0.717) is 18.6 Å². The van der Waals surface area contributed by atoms with Crippen molar-refractivity contribution in [3.63, 3.8) is 0 Å². The maximum Gasteiger partial charge on any atom is 0.0538 e. The van der Waals surface area contributed by atoms with E-state index >= 15 is 0 Å². The molecule has 3 unspecified atom stereocenters. The van der Waals surface area contributed by atoms with Gasteiger partial charge in [-0.15, -0.1) is 0 Å². The fourth-order valence-corrected chi connectivity index (χ4v) is 2.95. The summed E-state index contributed by atoms with van der Waals surface area (Å²) >= 11 is 0. The van der Waals surface area contributed by atoms with Crippen LogP contribution in [0.2, 0.25) is 0 Å². The Hall–Kier alpha value is -0.870. The van der Waals surface area contributed by atoms with Crippen molar-refractivity contribution in [3.05, 3.63) is 18.0 Å². The predicted molar refractivity (Wildman–Crippen MR) is 69.6 cm³/mol. The van der Waals surface area contributed by atoms with Gasteiger partial charge < -0.3 is 5.73 Å². The van der Waals surface area contributed by atoms with Gasteiger partial charge in [0.25, 0.3) is 0 Å². The lowest BCUT2D eigenvalue weighted by Crippen LogP contribution is -2.36. The largest absolute Gasteiger partial charge is 0.329 e. The smallest absolute Gasteiger partial charge is 0.0538 e. The molecule has 2 N–H and O–H groups in total. The molecular formula is C13H24N4. The van der Waals surface area contributed by atoms with Gasteiger partial charge in [0.05, 0.1) is 12.2 Å². The SMILES string of the molecule is CCn1cc(C(CN)N2CC(C)CC2C)cn1. The molecule has 0 aromatic carbocycles. The number of hydrogen-bond donors (Lipinski definition) is 1. The Kier molecular flexibility index (Phi) is 3.84. The molecule has 4 heteroatoms. The number of likely N-dealkylation sites (tertiary alicyclic amines) is 1. The first-order chi connectivity index (χ1) is 8.15. The Balaban J connectivity index is 2.15. The van der Waals surface area contributed by atoms with Gasteiger partial charge >= 0.3 is 0 Å². The van der Waals surface area contributed by atoms with Crippen LogP contribution >= 0.6 is 0 Å². The van der Waals surface area contributed by atoms with Crippen LogP contribution in [0.3, 0.4) is 0 Å². The van der Waals surface area contributed by atoms with E-state index in [1.54, 1.807) is 0 Å². The second-order valence-electron chi connectivity index (χ2n) is 5.27. The number of nitrogens with two attached hydrogens (primary N) is 1. The Labute approximate surface area is 104 Å². The maximum absolute atomic E-state index is 5.96. The van der Waals surface area contributed by atoms with E-state index in [1.165, 1.54) is 12.0 Å². The molecule has 0 spiro atoms. The summed E-state index contributed by atoms with van der Waals surface area (Å²) in [6.45, 7) is 9.47. The van der Waals surface area contributed by atoms with Gasteiger partial charge in [0.15, 0.2) is 0 Å². The van der Waals surface area contributed by atoms with Crippen molar-refractivity contribution in [2.45, 2.75) is 45.8 Å². The van der Waals surface area contributed by atoms with Gasteiger partial charge in [-0.3, -0.25) is 9.58 Å². The molecule has 1 aromatic heterocycles. The second kappa shape index (κ2) is 5.19. The topological polar surface area (TPSA) is 47.1 Å². The zero-order chi connectivity index (χ0) is 12.4. The van der Waals surface area contributed by atoms with E-state index in [-0.39, 0.29) is 0 Å². The molecule has 0 aliphatic carbocycles. The summed E-state index contributed by atoms with van der Waals surface area (Å²) in [5.74, 6) is 0.778. The minimum Gasteiger partial charge on any atom is -0.329 e. The maximum atomic E-state index is 5.96. The van der Waals surface area contributed by atoms with Crippen LogP contribution in [0.1, 0.15) is 38.8 Å². The van der Waals surface area contributed by atoms with Gasteiger partial charge in [-0.1, -0.05) is 6.92 Å². The van der Waals surface area contributed by atoms with Crippen LogP contribution in [-0.4, -0.2) is 33.8 Å². The number of aromatic nitrogens is 2. The first kappa shape index (κ1) is 12.6. The highest BCUT2D eigenvalue weighted by atomic mass is 15.3. The summed E-state index contributed by atoms with van der Waals surface area (Å²) in [6, 6.07) is 0.957. The molecule has 0 saturated carbocycles. The van der Waals surface area contributed by atoms with Crippen molar-refractivity contribution >= 4 is 0 Å². The third kappa shape index (κ3) is 2.53. The van der Waals surface area contributed by atoms with Crippen molar-refractivity contribution in [2.75, 3.05) is 13.1 Å². The number of hydrogen-bond acceptors (Lipinski definition) is 3. The molecule has 1 fully saturated rings. The fourth-order valence-electron chi connectivity index (χ4n) is 2.95. The summed E-state index contributed by atoms with van der Waals surface area (Å²) in [4.78, 5) is 2.53. The fraction of sp³-hybridized carbons (Fsp3) is 0.769. The second-order valence-corrected chi connectivity index (χ2v) is 5.27. The number of nitrogens with zero attached hydrogens (tertiary/aromatic N) is 3. The van der Waals surface area contributed by atoms with Crippen LogP contribution in [0.4, 0.5) is 0 Å². The first-order valence-electron chi connectivity index (χ1n) is 6.63. The zero-order valence-electron chi connectivity index (χ0n) is 11.1. The molecule has 0 radical (unpaired) electrons. The monoisotopic (exact) mass is 236 g/mol. The van der Waals surface area contributed by atoms with E-state index in [0.717, 1.165) is 19.0 Å². The van der Waals surface area contributed by atoms with Gasteiger partial charge in [-0.25, -0.2) is 0 Å². The molecule has 4 nitrogen and oxygen atoms in total. The standard InChI is InChI=1S/C13H24N4/c1-4-16-9-12(7-15-16)13(6-14)17-8-10(2)5-11(17)3/h7,9-11,13H,4-6,8,14H2,1-3H3. The van der Waals surface area contributed by atoms with Crippen LogP contribution in [0.5, 0.6) is 0 Å². The number of aryl methyl sites for hydroxylation is 1. The summed E-state index contributed by atoms with van der Waals surface area (Å²) in [6.07, 6.45) is 5.38. The summed E-state index contributed by atoms with van der Waals surface area (Å²) < 4.78 is 1.97. The van der Waals surface area contributed by atoms with Crippen LogP contribution in [-0.2, 0) is 6.54 Å². The Morgan fingerprint density at radius 1 is 1.53 bits per heavy atom. The van der Waals surface area contributed by atoms with E-state index in [4.69, 9.17) is 5.73 Å². The average Bonchev–Trinajstić information content (AvgIpc) is 2.88. The number of rotatable bonds is 4. The van der Waals surface area contributed by atoms with Crippen LogP contribution in [0.25, 0.3) is 0 Å². The predicted octanol–water partition coefficient (Wildman–Crippen LogP) is 1.63. The molecule has 1 saturated heterocycles. The highest BCUT2D eigenvalue weighted by Gasteiger charge is 2.32. The van der Waals surface area contributed by atoms with E-state index in [2.05, 4.69) is 37.0 Å². The zero-order valence-corrected chi connectivity index (χ0v) is 11.1. The molecule has 1 aromatic rings. The molecule has 1 aliphatic heterocycles. The minimum atomic E-state index is 0.329. The first-order valence-corrected chi connectivity index (χ1v) is 6.63. The van der Waals surface area contributed by atoms with E-state index in [9.17, 15) is 0 Å². The Morgan fingerprint density at radius 3 is 2.76 bits per heavy atom. The summed E-state index contributed by atoms with van der Waals surface area (Å²) in [7, 11) is 0. The van der Waals surface area contributed by atoms with Crippen molar-refractivity contribution < 1.29 is 0 Å². The molecule has 2 heterocycles. The highest BCUT2D eigenvalue weighted by molar-refractivity contribution is 5.12. The Morgan fingerprint density at radius 2 is 2.29 bits per heavy atom. The molecule has 1 aliphatic rings. The molecule has 0 bridgehead atoms. The molecule has 17 heavy (non-hydrogen) atoms. The Bertz CT molecular complexity index is 360. The lowest BCUT2D eigenvalue weighted by molar-refractivity contribution is 0.192. The van der Waals surface area contributed by atoms with Crippen molar-refractivity contribution in [1.82, 2.24) is 14.7 Å². The van der Waals surface area contributed by atoms with Gasteiger partial charge in [-0.05, 0) is 26.2 Å². The molecular weight excluding hydrogens is 212 g/mol. The third-order valence-electron chi connectivity index (χ3n) is 3.82. The summed E-state index contributed by atoms with van der Waals surface area (Å²) in [5.41, 5.74) is 7.22. The van der Waals surface area contributed by atoms with Crippen LogP contribution < -0.4 is 5.73 Å². The lowest BCUT2D eigenvalue weighted by atomic mass is 10.1. The highest BCUT2D eigenvalue weighted by Crippen LogP contribution is 2.31. The molecule has 3 atom stereocenters. The molecule has 96 valence electrons. The van der Waals surface area contributed by atoms with E-state index < -0.39 is 0 Å². The van der Waals surface area contributed by atoms with Gasteiger partial charge in [0, 0.05) is 37.4 Å².